The Hall–Kier alpha value is -2.53. The molecule has 3 N–H and O–H groups in total. The lowest BCUT2D eigenvalue weighted by Gasteiger charge is -2.11. The van der Waals surface area contributed by atoms with Crippen LogP contribution >= 0.6 is 0 Å². The van der Waals surface area contributed by atoms with Gasteiger partial charge in [0.15, 0.2) is 0 Å². The maximum atomic E-state index is 5.87. The predicted octanol–water partition coefficient (Wildman–Crippen LogP) is 2.75. The second-order valence-corrected chi connectivity index (χ2v) is 5.55. The molecule has 5 heteroatoms. The normalized spacial score (nSPS) is 11.2. The van der Waals surface area contributed by atoms with Gasteiger partial charge in [0.25, 0.3) is 0 Å². The van der Waals surface area contributed by atoms with E-state index < -0.39 is 0 Å². The highest BCUT2D eigenvalue weighted by molar-refractivity contribution is 5.94. The van der Waals surface area contributed by atoms with Crippen molar-refractivity contribution in [1.29, 1.82) is 0 Å². The number of hydrogen-bond acceptors (Lipinski definition) is 4. The molecule has 1 aromatic heterocycles. The monoisotopic (exact) mass is 296 g/mol. The van der Waals surface area contributed by atoms with Crippen LogP contribution in [0.25, 0.3) is 22.2 Å². The van der Waals surface area contributed by atoms with E-state index in [4.69, 9.17) is 10.5 Å². The highest BCUT2D eigenvalue weighted by Crippen LogP contribution is 2.28. The molecule has 3 aromatic rings. The van der Waals surface area contributed by atoms with Gasteiger partial charge in [0, 0.05) is 23.2 Å². The molecule has 0 radical (unpaired) electrons. The van der Waals surface area contributed by atoms with Gasteiger partial charge in [0.2, 0.25) is 0 Å². The molecule has 0 spiro atoms. The summed E-state index contributed by atoms with van der Waals surface area (Å²) in [6.07, 6.45) is 0. The largest absolute Gasteiger partial charge is 0.492 e. The minimum atomic E-state index is 0.675. The molecule has 5 nitrogen and oxygen atoms in total. The standard InChI is InChI=1S/C17H20N4O/c1-21(2)9-10-22-14-6-3-12(4-7-14)17-15-11-13(18)5-8-16(15)19-20-17/h3-8,11H,9-10,18H2,1-2H3,(H,19,20). The SMILES string of the molecule is CN(C)CCOc1ccc(-c2n[nH]c3ccc(N)cc23)cc1. The Morgan fingerprint density at radius 3 is 2.64 bits per heavy atom. The molecule has 0 saturated carbocycles. The average molecular weight is 296 g/mol. The van der Waals surface area contributed by atoms with E-state index >= 15 is 0 Å². The number of nitrogen functional groups attached to an aromatic ring is 1. The molecule has 0 atom stereocenters. The molecule has 0 amide bonds. The van der Waals surface area contributed by atoms with Gasteiger partial charge in [-0.05, 0) is 56.6 Å². The van der Waals surface area contributed by atoms with Crippen molar-refractivity contribution in [3.63, 3.8) is 0 Å². The molecule has 114 valence electrons. The van der Waals surface area contributed by atoms with Gasteiger partial charge in [-0.2, -0.15) is 5.10 Å². The van der Waals surface area contributed by atoms with E-state index in [1.165, 1.54) is 0 Å². The first-order chi connectivity index (χ1) is 10.6. The van der Waals surface area contributed by atoms with Crippen LogP contribution in [0, 0.1) is 0 Å². The van der Waals surface area contributed by atoms with E-state index in [-0.39, 0.29) is 0 Å². The summed E-state index contributed by atoms with van der Waals surface area (Å²) in [6.45, 7) is 1.57. The minimum Gasteiger partial charge on any atom is -0.492 e. The highest BCUT2D eigenvalue weighted by Gasteiger charge is 2.08. The fourth-order valence-corrected chi connectivity index (χ4v) is 2.31. The van der Waals surface area contributed by atoms with Crippen molar-refractivity contribution in [2.24, 2.45) is 0 Å². The second kappa shape index (κ2) is 6.07. The Bertz CT molecular complexity index is 762. The zero-order valence-electron chi connectivity index (χ0n) is 12.8. The van der Waals surface area contributed by atoms with Gasteiger partial charge in [-0.25, -0.2) is 0 Å². The Morgan fingerprint density at radius 2 is 1.91 bits per heavy atom. The average Bonchev–Trinajstić information content (AvgIpc) is 2.90. The first-order valence-electron chi connectivity index (χ1n) is 7.25. The van der Waals surface area contributed by atoms with Crippen molar-refractivity contribution in [2.45, 2.75) is 0 Å². The smallest absolute Gasteiger partial charge is 0.119 e. The van der Waals surface area contributed by atoms with Gasteiger partial charge < -0.3 is 15.4 Å². The van der Waals surface area contributed by atoms with Crippen LogP contribution in [-0.2, 0) is 0 Å². The van der Waals surface area contributed by atoms with Gasteiger partial charge in [-0.1, -0.05) is 0 Å². The fraction of sp³-hybridized carbons (Fsp3) is 0.235. The van der Waals surface area contributed by atoms with Gasteiger partial charge >= 0.3 is 0 Å². The molecule has 0 bridgehead atoms. The van der Waals surface area contributed by atoms with Crippen LogP contribution in [0.15, 0.2) is 42.5 Å². The number of fused-ring (bicyclic) bond motifs is 1. The number of benzene rings is 2. The number of nitrogens with zero attached hydrogens (tertiary/aromatic N) is 2. The van der Waals surface area contributed by atoms with Crippen molar-refractivity contribution in [2.75, 3.05) is 33.0 Å². The third-order valence-electron chi connectivity index (χ3n) is 3.52. The molecular formula is C17H20N4O. The molecule has 3 rings (SSSR count). The van der Waals surface area contributed by atoms with E-state index in [1.54, 1.807) is 0 Å². The van der Waals surface area contributed by atoms with Crippen LogP contribution in [0.1, 0.15) is 0 Å². The first kappa shape index (κ1) is 14.4. The predicted molar refractivity (Wildman–Crippen MR) is 90.0 cm³/mol. The summed E-state index contributed by atoms with van der Waals surface area (Å²) in [5.74, 6) is 0.866. The number of likely N-dealkylation sites (N-methyl/N-ethyl adjacent to an activating group) is 1. The molecule has 1 heterocycles. The summed E-state index contributed by atoms with van der Waals surface area (Å²) in [7, 11) is 4.06. The zero-order chi connectivity index (χ0) is 15.5. The maximum Gasteiger partial charge on any atom is 0.119 e. The van der Waals surface area contributed by atoms with E-state index in [0.717, 1.165) is 40.1 Å². The third kappa shape index (κ3) is 3.04. The van der Waals surface area contributed by atoms with Crippen molar-refractivity contribution < 1.29 is 4.74 Å². The molecule has 0 aliphatic rings. The Labute approximate surface area is 129 Å². The van der Waals surface area contributed by atoms with Crippen LogP contribution < -0.4 is 10.5 Å². The highest BCUT2D eigenvalue weighted by atomic mass is 16.5. The quantitative estimate of drug-likeness (QED) is 0.710. The first-order valence-corrected chi connectivity index (χ1v) is 7.25. The van der Waals surface area contributed by atoms with E-state index in [0.29, 0.717) is 6.61 Å². The van der Waals surface area contributed by atoms with E-state index in [9.17, 15) is 0 Å². The third-order valence-corrected chi connectivity index (χ3v) is 3.52. The Kier molecular flexibility index (Phi) is 3.98. The lowest BCUT2D eigenvalue weighted by atomic mass is 10.1. The Morgan fingerprint density at radius 1 is 1.14 bits per heavy atom. The van der Waals surface area contributed by atoms with Crippen LogP contribution in [0.4, 0.5) is 5.69 Å². The summed E-state index contributed by atoms with van der Waals surface area (Å²) in [5.41, 5.74) is 9.53. The molecule has 0 aliphatic carbocycles. The van der Waals surface area contributed by atoms with E-state index in [2.05, 4.69) is 15.1 Å². The molecule has 22 heavy (non-hydrogen) atoms. The number of H-pyrrole nitrogens is 1. The number of nitrogens with one attached hydrogen (secondary N) is 1. The van der Waals surface area contributed by atoms with Crippen LogP contribution in [-0.4, -0.2) is 42.3 Å². The topological polar surface area (TPSA) is 67.2 Å². The minimum absolute atomic E-state index is 0.675. The zero-order valence-corrected chi connectivity index (χ0v) is 12.8. The molecule has 0 saturated heterocycles. The van der Waals surface area contributed by atoms with E-state index in [1.807, 2.05) is 56.6 Å². The summed E-state index contributed by atoms with van der Waals surface area (Å²) in [5, 5.41) is 8.46. The number of nitrogens with two attached hydrogens (primary N) is 1. The summed E-state index contributed by atoms with van der Waals surface area (Å²) in [6, 6.07) is 13.7. The number of aromatic nitrogens is 2. The number of aromatic amines is 1. The van der Waals surface area contributed by atoms with Gasteiger partial charge in [-0.15, -0.1) is 0 Å². The number of anilines is 1. The van der Waals surface area contributed by atoms with Crippen molar-refractivity contribution >= 4 is 16.6 Å². The van der Waals surface area contributed by atoms with Crippen LogP contribution in [0.3, 0.4) is 0 Å². The summed E-state index contributed by atoms with van der Waals surface area (Å²) in [4.78, 5) is 2.09. The van der Waals surface area contributed by atoms with Crippen molar-refractivity contribution in [3.8, 4) is 17.0 Å². The van der Waals surface area contributed by atoms with Crippen molar-refractivity contribution in [1.82, 2.24) is 15.1 Å². The molecule has 2 aromatic carbocycles. The molecule has 0 unspecified atom stereocenters. The lowest BCUT2D eigenvalue weighted by Crippen LogP contribution is -2.19. The van der Waals surface area contributed by atoms with Crippen LogP contribution in [0.2, 0.25) is 0 Å². The maximum absolute atomic E-state index is 5.87. The lowest BCUT2D eigenvalue weighted by molar-refractivity contribution is 0.261. The molecule has 0 fully saturated rings. The number of ether oxygens (including phenoxy) is 1. The summed E-state index contributed by atoms with van der Waals surface area (Å²) < 4.78 is 5.71. The number of rotatable bonds is 5. The van der Waals surface area contributed by atoms with Gasteiger partial charge in [0.1, 0.15) is 12.4 Å². The number of hydrogen-bond donors (Lipinski definition) is 2. The second-order valence-electron chi connectivity index (χ2n) is 5.55. The van der Waals surface area contributed by atoms with Crippen LogP contribution in [0.5, 0.6) is 5.75 Å². The van der Waals surface area contributed by atoms with Gasteiger partial charge in [-0.3, -0.25) is 5.10 Å². The summed E-state index contributed by atoms with van der Waals surface area (Å²) >= 11 is 0. The molecule has 0 aliphatic heterocycles. The fourth-order valence-electron chi connectivity index (χ4n) is 2.31. The van der Waals surface area contributed by atoms with Gasteiger partial charge in [0.05, 0.1) is 11.2 Å². The van der Waals surface area contributed by atoms with Crippen molar-refractivity contribution in [3.05, 3.63) is 42.5 Å². The molecular weight excluding hydrogens is 276 g/mol. The Balaban J connectivity index is 1.81.